The van der Waals surface area contributed by atoms with Crippen molar-refractivity contribution < 1.29 is 0 Å². The third-order valence-corrected chi connectivity index (χ3v) is 5.16. The van der Waals surface area contributed by atoms with Gasteiger partial charge in [0.25, 0.3) is 0 Å². The summed E-state index contributed by atoms with van der Waals surface area (Å²) in [7, 11) is 0. The van der Waals surface area contributed by atoms with Gasteiger partial charge in [-0.1, -0.05) is 0 Å². The number of hydrogen-bond donors (Lipinski definition) is 0. The monoisotopic (exact) mass is 267 g/mol. The number of thiazole rings is 1. The molecule has 3 nitrogen and oxygen atoms in total. The number of nitrogens with zero attached hydrogens (tertiary/aromatic N) is 3. The van der Waals surface area contributed by atoms with Crippen molar-refractivity contribution in [2.75, 3.05) is 11.4 Å². The molecule has 1 saturated heterocycles. The van der Waals surface area contributed by atoms with Gasteiger partial charge in [-0.2, -0.15) is 0 Å². The molecular formula is C12H14ClN3S. The van der Waals surface area contributed by atoms with Crippen molar-refractivity contribution in [1.82, 2.24) is 9.38 Å². The lowest BCUT2D eigenvalue weighted by Gasteiger charge is -2.27. The van der Waals surface area contributed by atoms with E-state index >= 15 is 0 Å². The van der Waals surface area contributed by atoms with E-state index < -0.39 is 0 Å². The van der Waals surface area contributed by atoms with Crippen molar-refractivity contribution in [3.05, 3.63) is 17.3 Å². The summed E-state index contributed by atoms with van der Waals surface area (Å²) in [6.07, 6.45) is 6.16. The van der Waals surface area contributed by atoms with E-state index in [1.807, 2.05) is 0 Å². The first kappa shape index (κ1) is 10.2. The van der Waals surface area contributed by atoms with Crippen LogP contribution in [0.4, 0.5) is 5.82 Å². The van der Waals surface area contributed by atoms with E-state index in [-0.39, 0.29) is 0 Å². The second kappa shape index (κ2) is 3.62. The van der Waals surface area contributed by atoms with Crippen molar-refractivity contribution in [3.8, 4) is 0 Å². The first-order valence-corrected chi connectivity index (χ1v) is 7.55. The van der Waals surface area contributed by atoms with Crippen LogP contribution in [0.25, 0.3) is 4.96 Å². The minimum Gasteiger partial charge on any atom is -0.352 e. The largest absolute Gasteiger partial charge is 0.352 e. The summed E-state index contributed by atoms with van der Waals surface area (Å²) in [5, 5.41) is 2.07. The van der Waals surface area contributed by atoms with Gasteiger partial charge in [0, 0.05) is 24.2 Å². The summed E-state index contributed by atoms with van der Waals surface area (Å²) < 4.78 is 2.14. The fourth-order valence-corrected chi connectivity index (χ4v) is 4.34. The first-order valence-electron chi connectivity index (χ1n) is 6.14. The predicted octanol–water partition coefficient (Wildman–Crippen LogP) is 3.12. The number of aromatic nitrogens is 2. The molecule has 0 amide bonds. The van der Waals surface area contributed by atoms with E-state index in [2.05, 4.69) is 20.9 Å². The first-order chi connectivity index (χ1) is 8.36. The van der Waals surface area contributed by atoms with Crippen LogP contribution in [-0.2, 0) is 5.88 Å². The smallest absolute Gasteiger partial charge is 0.195 e. The Morgan fingerprint density at radius 2 is 2.41 bits per heavy atom. The minimum absolute atomic E-state index is 0.543. The lowest BCUT2D eigenvalue weighted by atomic mass is 10.1. The quantitative estimate of drug-likeness (QED) is 0.780. The molecule has 0 spiro atoms. The molecule has 2 bridgehead atoms. The van der Waals surface area contributed by atoms with Crippen LogP contribution in [0, 0.1) is 5.92 Å². The summed E-state index contributed by atoms with van der Waals surface area (Å²) in [6.45, 7) is 1.18. The molecule has 0 radical (unpaired) electrons. The maximum atomic E-state index is 6.11. The fourth-order valence-electron chi connectivity index (χ4n) is 3.36. The molecule has 2 atom stereocenters. The number of alkyl halides is 1. The molecule has 90 valence electrons. The Balaban J connectivity index is 1.82. The van der Waals surface area contributed by atoms with Crippen LogP contribution in [0.1, 0.15) is 25.0 Å². The third-order valence-electron chi connectivity index (χ3n) is 4.15. The second-order valence-electron chi connectivity index (χ2n) is 5.06. The summed E-state index contributed by atoms with van der Waals surface area (Å²) >= 11 is 7.79. The zero-order chi connectivity index (χ0) is 11.4. The number of halogens is 1. The summed E-state index contributed by atoms with van der Waals surface area (Å²) in [5.41, 5.74) is 1.16. The molecule has 2 unspecified atom stereocenters. The van der Waals surface area contributed by atoms with Gasteiger partial charge in [0.1, 0.15) is 0 Å². The Kier molecular flexibility index (Phi) is 2.18. The highest BCUT2D eigenvalue weighted by atomic mass is 35.5. The van der Waals surface area contributed by atoms with Crippen molar-refractivity contribution in [1.29, 1.82) is 0 Å². The fraction of sp³-hybridized carbons (Fsp3) is 0.583. The molecule has 4 rings (SSSR count). The molecule has 0 aromatic carbocycles. The van der Waals surface area contributed by atoms with Gasteiger partial charge in [0.05, 0.1) is 11.6 Å². The number of imidazole rings is 1. The van der Waals surface area contributed by atoms with Gasteiger partial charge >= 0.3 is 0 Å². The molecule has 1 saturated carbocycles. The molecule has 2 aliphatic rings. The van der Waals surface area contributed by atoms with Crippen molar-refractivity contribution in [2.24, 2.45) is 5.92 Å². The van der Waals surface area contributed by atoms with E-state index in [4.69, 9.17) is 16.6 Å². The van der Waals surface area contributed by atoms with Crippen LogP contribution in [0.15, 0.2) is 11.6 Å². The Bertz CT molecular complexity index is 561. The Morgan fingerprint density at radius 1 is 1.47 bits per heavy atom. The van der Waals surface area contributed by atoms with Gasteiger partial charge in [-0.25, -0.2) is 4.98 Å². The van der Waals surface area contributed by atoms with E-state index in [0.29, 0.717) is 11.9 Å². The van der Waals surface area contributed by atoms with Crippen LogP contribution >= 0.6 is 22.9 Å². The second-order valence-corrected chi connectivity index (χ2v) is 6.20. The van der Waals surface area contributed by atoms with Crippen LogP contribution < -0.4 is 4.90 Å². The molecule has 1 aliphatic heterocycles. The summed E-state index contributed by atoms with van der Waals surface area (Å²) in [6, 6.07) is 0.714. The van der Waals surface area contributed by atoms with Gasteiger partial charge in [-0.05, 0) is 25.2 Å². The minimum atomic E-state index is 0.543. The molecule has 2 aromatic rings. The molecular weight excluding hydrogens is 254 g/mol. The molecule has 1 aliphatic carbocycles. The normalized spacial score (nSPS) is 27.5. The maximum absolute atomic E-state index is 6.11. The Morgan fingerprint density at radius 3 is 3.12 bits per heavy atom. The van der Waals surface area contributed by atoms with Gasteiger partial charge in [0.15, 0.2) is 10.8 Å². The highest BCUT2D eigenvalue weighted by Gasteiger charge is 2.39. The average molecular weight is 268 g/mol. The lowest BCUT2D eigenvalue weighted by Crippen LogP contribution is -2.32. The zero-order valence-corrected chi connectivity index (χ0v) is 11.0. The summed E-state index contributed by atoms with van der Waals surface area (Å²) in [4.78, 5) is 8.33. The van der Waals surface area contributed by atoms with Crippen LogP contribution in [0.3, 0.4) is 0 Å². The van der Waals surface area contributed by atoms with Crippen LogP contribution in [-0.4, -0.2) is 22.0 Å². The number of anilines is 1. The van der Waals surface area contributed by atoms with Gasteiger partial charge < -0.3 is 4.90 Å². The van der Waals surface area contributed by atoms with Crippen molar-refractivity contribution >= 4 is 33.7 Å². The highest BCUT2D eigenvalue weighted by molar-refractivity contribution is 7.15. The lowest BCUT2D eigenvalue weighted by molar-refractivity contribution is 0.550. The van der Waals surface area contributed by atoms with Crippen LogP contribution in [0.5, 0.6) is 0 Å². The average Bonchev–Trinajstić information content (AvgIpc) is 3.07. The Hall–Kier alpha value is -0.740. The molecule has 3 heterocycles. The number of piperidine rings is 1. The predicted molar refractivity (Wildman–Crippen MR) is 71.1 cm³/mol. The number of fused-ring (bicyclic) bond motifs is 3. The number of hydrogen-bond acceptors (Lipinski definition) is 3. The van der Waals surface area contributed by atoms with Gasteiger partial charge in [-0.3, -0.25) is 4.40 Å². The molecule has 2 aromatic heterocycles. The molecule has 17 heavy (non-hydrogen) atoms. The van der Waals surface area contributed by atoms with E-state index in [9.17, 15) is 0 Å². The van der Waals surface area contributed by atoms with Crippen molar-refractivity contribution in [3.63, 3.8) is 0 Å². The standard InChI is InChI=1S/C12H14ClN3S/c13-6-10-11(14-12-15(10)3-4-17-12)16-7-8-1-2-9(16)5-8/h3-4,8-9H,1-2,5-7H2. The zero-order valence-electron chi connectivity index (χ0n) is 9.47. The molecule has 5 heteroatoms. The topological polar surface area (TPSA) is 20.5 Å². The summed E-state index contributed by atoms with van der Waals surface area (Å²) in [5.74, 6) is 2.57. The molecule has 0 N–H and O–H groups in total. The Labute approximate surface area is 109 Å². The van der Waals surface area contributed by atoms with Gasteiger partial charge in [-0.15, -0.1) is 22.9 Å². The van der Waals surface area contributed by atoms with E-state index in [0.717, 1.165) is 22.4 Å². The maximum Gasteiger partial charge on any atom is 0.195 e. The highest BCUT2D eigenvalue weighted by Crippen LogP contribution is 2.41. The third kappa shape index (κ3) is 1.37. The number of rotatable bonds is 2. The van der Waals surface area contributed by atoms with Gasteiger partial charge in [0.2, 0.25) is 0 Å². The SMILES string of the molecule is ClCc1c(N2CC3CCC2C3)nc2sccn12. The molecule has 2 fully saturated rings. The van der Waals surface area contributed by atoms with Crippen molar-refractivity contribution in [2.45, 2.75) is 31.2 Å². The van der Waals surface area contributed by atoms with E-state index in [1.165, 1.54) is 25.8 Å². The van der Waals surface area contributed by atoms with Crippen LogP contribution in [0.2, 0.25) is 0 Å². The van der Waals surface area contributed by atoms with E-state index in [1.54, 1.807) is 11.3 Å².